The van der Waals surface area contributed by atoms with Crippen LogP contribution in [0.25, 0.3) is 77.9 Å². The summed E-state index contributed by atoms with van der Waals surface area (Å²) in [6.45, 7) is 5.16. The van der Waals surface area contributed by atoms with Crippen molar-refractivity contribution in [1.82, 2.24) is 0 Å². The molecule has 0 bridgehead atoms. The van der Waals surface area contributed by atoms with Gasteiger partial charge in [0.15, 0.2) is 0 Å². The minimum Gasteiger partial charge on any atom is -0.0836 e. The average molecular weight is 617 g/mol. The van der Waals surface area contributed by atoms with Gasteiger partial charge in [-0.3, -0.25) is 0 Å². The third kappa shape index (κ3) is 3.81. The molecule has 0 atom stereocenters. The van der Waals surface area contributed by atoms with E-state index in [1.165, 1.54) is 88.0 Å². The summed E-state index contributed by atoms with van der Waals surface area (Å²) in [4.78, 5) is 0. The summed E-state index contributed by atoms with van der Waals surface area (Å²) in [6, 6.07) is 41.9. The zero-order valence-electron chi connectivity index (χ0n) is 27.0. The van der Waals surface area contributed by atoms with Crippen LogP contribution in [0.4, 0.5) is 0 Å². The van der Waals surface area contributed by atoms with E-state index in [9.17, 15) is 0 Å². The topological polar surface area (TPSA) is 0 Å². The quantitative estimate of drug-likeness (QED) is 0.170. The van der Waals surface area contributed by atoms with E-state index in [4.69, 9.17) is 0 Å². The summed E-state index contributed by atoms with van der Waals surface area (Å²) in [6.07, 6.45) is 13.9. The summed E-state index contributed by atoms with van der Waals surface area (Å²) < 4.78 is 0. The Morgan fingerprint density at radius 1 is 0.489 bits per heavy atom. The normalized spacial score (nSPS) is 15.5. The van der Waals surface area contributed by atoms with E-state index in [-0.39, 0.29) is 0 Å². The lowest BCUT2D eigenvalue weighted by Crippen LogP contribution is -2.49. The van der Waals surface area contributed by atoms with Gasteiger partial charge in [0.25, 0.3) is 0 Å². The second-order valence-electron chi connectivity index (χ2n) is 14.2. The van der Waals surface area contributed by atoms with Crippen molar-refractivity contribution in [3.63, 3.8) is 0 Å². The highest BCUT2D eigenvalue weighted by molar-refractivity contribution is 7.05. The molecule has 0 fully saturated rings. The van der Waals surface area contributed by atoms with Gasteiger partial charge in [-0.1, -0.05) is 141 Å². The standard InChI is InChI=1S/C46H36Si/c1-47(2)43-28-42-41(27-40(43)39-26-25-31-15-5-8-20-34(31)46(39)47)44(35-23-11-16-29-13-3-6-18-32(29)35)37-21-9-10-22-38(37)45(42)36-24-12-17-30-14-4-7-19-33(30)36/h3-6,8-9,11-18,20-21,23-28H,7,10,19,22H2,1-2H3. The first-order chi connectivity index (χ1) is 23.1. The number of rotatable bonds is 2. The van der Waals surface area contributed by atoms with Crippen molar-refractivity contribution in [2.24, 2.45) is 0 Å². The Labute approximate surface area is 277 Å². The molecule has 1 heteroatoms. The molecule has 0 saturated heterocycles. The van der Waals surface area contributed by atoms with Crippen LogP contribution in [0.15, 0.2) is 121 Å². The predicted molar refractivity (Wildman–Crippen MR) is 207 cm³/mol. The molecule has 0 spiro atoms. The van der Waals surface area contributed by atoms with E-state index in [0.29, 0.717) is 0 Å². The molecular formula is C46H36Si. The monoisotopic (exact) mass is 616 g/mol. The maximum absolute atomic E-state index is 2.67. The molecule has 1 aliphatic heterocycles. The van der Waals surface area contributed by atoms with Crippen molar-refractivity contribution in [3.8, 4) is 33.4 Å². The second-order valence-corrected chi connectivity index (χ2v) is 18.5. The maximum Gasteiger partial charge on any atom is 0.114 e. The molecular weight excluding hydrogens is 581 g/mol. The zero-order valence-corrected chi connectivity index (χ0v) is 28.0. The fraction of sp³-hybridized carbons (Fsp3) is 0.130. The number of hydrogen-bond donors (Lipinski definition) is 0. The van der Waals surface area contributed by atoms with Crippen LogP contribution in [0.2, 0.25) is 13.1 Å². The SMILES string of the molecule is C[Si]1(C)c2cc3c(-c4cccc5c4CCC=C5)c4c(c(-c5cccc6ccccc56)c3cc2-c2ccc3ccccc3c21)C=CCC4. The smallest absolute Gasteiger partial charge is 0.0836 e. The van der Waals surface area contributed by atoms with Crippen LogP contribution in [0.5, 0.6) is 0 Å². The number of allylic oxidation sites excluding steroid dienone is 2. The van der Waals surface area contributed by atoms with Gasteiger partial charge in [0, 0.05) is 0 Å². The summed E-state index contributed by atoms with van der Waals surface area (Å²) in [5, 5.41) is 11.4. The first-order valence-corrected chi connectivity index (χ1v) is 20.2. The Morgan fingerprint density at radius 2 is 1.17 bits per heavy atom. The van der Waals surface area contributed by atoms with E-state index in [1.807, 2.05) is 0 Å². The van der Waals surface area contributed by atoms with Crippen molar-refractivity contribution in [2.45, 2.75) is 38.8 Å². The molecule has 2 aliphatic carbocycles. The van der Waals surface area contributed by atoms with Gasteiger partial charge in [-0.15, -0.1) is 0 Å². The van der Waals surface area contributed by atoms with E-state index >= 15 is 0 Å². The van der Waals surface area contributed by atoms with Gasteiger partial charge in [0.1, 0.15) is 8.07 Å². The Bertz CT molecular complexity index is 2540. The molecule has 0 unspecified atom stereocenters. The van der Waals surface area contributed by atoms with Gasteiger partial charge >= 0.3 is 0 Å². The molecule has 47 heavy (non-hydrogen) atoms. The molecule has 7 aromatic carbocycles. The van der Waals surface area contributed by atoms with Crippen molar-refractivity contribution in [2.75, 3.05) is 0 Å². The van der Waals surface area contributed by atoms with Crippen LogP contribution < -0.4 is 10.4 Å². The van der Waals surface area contributed by atoms with Gasteiger partial charge in [-0.2, -0.15) is 0 Å². The zero-order chi connectivity index (χ0) is 31.3. The summed E-state index contributed by atoms with van der Waals surface area (Å²) >= 11 is 0. The van der Waals surface area contributed by atoms with Gasteiger partial charge in [0.05, 0.1) is 0 Å². The maximum atomic E-state index is 2.67. The molecule has 0 nitrogen and oxygen atoms in total. The molecule has 0 radical (unpaired) electrons. The molecule has 224 valence electrons. The van der Waals surface area contributed by atoms with E-state index in [2.05, 4.69) is 147 Å². The lowest BCUT2D eigenvalue weighted by atomic mass is 9.77. The van der Waals surface area contributed by atoms with E-state index in [0.717, 1.165) is 25.7 Å². The fourth-order valence-electron chi connectivity index (χ4n) is 9.28. The predicted octanol–water partition coefficient (Wildman–Crippen LogP) is 11.2. The lowest BCUT2D eigenvalue weighted by molar-refractivity contribution is 0.976. The molecule has 0 N–H and O–H groups in total. The molecule has 3 aliphatic rings. The highest BCUT2D eigenvalue weighted by Gasteiger charge is 2.40. The number of benzene rings is 7. The Balaban J connectivity index is 1.40. The largest absolute Gasteiger partial charge is 0.114 e. The molecule has 7 aromatic rings. The van der Waals surface area contributed by atoms with Gasteiger partial charge < -0.3 is 0 Å². The first kappa shape index (κ1) is 27.2. The van der Waals surface area contributed by atoms with Crippen molar-refractivity contribution in [3.05, 3.63) is 144 Å². The minimum atomic E-state index is -2.02. The van der Waals surface area contributed by atoms with Crippen LogP contribution in [0.3, 0.4) is 0 Å². The molecule has 0 amide bonds. The minimum absolute atomic E-state index is 1.07. The Hall–Kier alpha value is -4.98. The molecule has 0 aromatic heterocycles. The average Bonchev–Trinajstić information content (AvgIpc) is 3.35. The third-order valence-electron chi connectivity index (χ3n) is 11.4. The number of hydrogen-bond acceptors (Lipinski definition) is 0. The van der Waals surface area contributed by atoms with Crippen molar-refractivity contribution >= 4 is 62.9 Å². The van der Waals surface area contributed by atoms with Gasteiger partial charge in [0.2, 0.25) is 0 Å². The second kappa shape index (κ2) is 10.0. The molecule has 0 saturated carbocycles. The molecule has 1 heterocycles. The van der Waals surface area contributed by atoms with Crippen molar-refractivity contribution < 1.29 is 0 Å². The first-order valence-electron chi connectivity index (χ1n) is 17.2. The molecule has 10 rings (SSSR count). The van der Waals surface area contributed by atoms with Crippen LogP contribution in [-0.4, -0.2) is 8.07 Å². The van der Waals surface area contributed by atoms with Crippen LogP contribution in [0.1, 0.15) is 35.1 Å². The Morgan fingerprint density at radius 3 is 2.04 bits per heavy atom. The van der Waals surface area contributed by atoms with E-state index < -0.39 is 8.07 Å². The van der Waals surface area contributed by atoms with Crippen LogP contribution in [0, 0.1) is 0 Å². The summed E-state index contributed by atoms with van der Waals surface area (Å²) in [7, 11) is -2.02. The van der Waals surface area contributed by atoms with E-state index in [1.54, 1.807) is 10.4 Å². The van der Waals surface area contributed by atoms with Crippen LogP contribution in [-0.2, 0) is 12.8 Å². The Kier molecular flexibility index (Phi) is 5.78. The number of fused-ring (bicyclic) bond motifs is 9. The highest BCUT2D eigenvalue weighted by atomic mass is 28.3. The lowest BCUT2D eigenvalue weighted by Gasteiger charge is -2.28. The van der Waals surface area contributed by atoms with Crippen LogP contribution >= 0.6 is 0 Å². The third-order valence-corrected chi connectivity index (χ3v) is 14.9. The summed E-state index contributed by atoms with van der Waals surface area (Å²) in [5.74, 6) is 0. The van der Waals surface area contributed by atoms with Crippen molar-refractivity contribution in [1.29, 1.82) is 0 Å². The summed E-state index contributed by atoms with van der Waals surface area (Å²) in [5.41, 5.74) is 14.4. The van der Waals surface area contributed by atoms with Gasteiger partial charge in [-0.25, -0.2) is 0 Å². The van der Waals surface area contributed by atoms with Gasteiger partial charge in [-0.05, 0) is 130 Å². The fourth-order valence-corrected chi connectivity index (χ4v) is 12.7. The highest BCUT2D eigenvalue weighted by Crippen LogP contribution is 2.49.